The molecule has 0 aliphatic carbocycles. The lowest BCUT2D eigenvalue weighted by Gasteiger charge is -2.33. The van der Waals surface area contributed by atoms with Crippen LogP contribution in [0.3, 0.4) is 0 Å². The Balaban J connectivity index is 2.77. The molecule has 21 heavy (non-hydrogen) atoms. The van der Waals surface area contributed by atoms with Crippen molar-refractivity contribution in [3.8, 4) is 0 Å². The molecule has 0 amide bonds. The predicted molar refractivity (Wildman–Crippen MR) is 87.2 cm³/mol. The lowest BCUT2D eigenvalue weighted by atomic mass is 9.94. The zero-order valence-electron chi connectivity index (χ0n) is 14.3. The van der Waals surface area contributed by atoms with Crippen LogP contribution in [0.5, 0.6) is 0 Å². The Morgan fingerprint density at radius 2 is 1.90 bits per heavy atom. The highest BCUT2D eigenvalue weighted by molar-refractivity contribution is 6.70. The van der Waals surface area contributed by atoms with Gasteiger partial charge in [0.05, 0.1) is 12.4 Å². The van der Waals surface area contributed by atoms with E-state index in [1.54, 1.807) is 6.92 Å². The summed E-state index contributed by atoms with van der Waals surface area (Å²) in [4.78, 5) is 0. The fraction of sp³-hybridized carbons (Fsp3) is 0.750. The minimum Gasteiger partial charge on any atom is -0.547 e. The van der Waals surface area contributed by atoms with E-state index in [0.29, 0.717) is 12.4 Å². The van der Waals surface area contributed by atoms with Crippen molar-refractivity contribution in [2.24, 2.45) is 0 Å². The Bertz CT molecular complexity index is 401. The third-order valence-corrected chi connectivity index (χ3v) is 4.59. The van der Waals surface area contributed by atoms with Crippen molar-refractivity contribution in [1.29, 1.82) is 0 Å². The van der Waals surface area contributed by atoms with Gasteiger partial charge in [-0.15, -0.1) is 0 Å². The van der Waals surface area contributed by atoms with Crippen molar-refractivity contribution in [3.05, 3.63) is 23.7 Å². The second kappa shape index (κ2) is 6.98. The van der Waals surface area contributed by atoms with E-state index in [1.165, 1.54) is 0 Å². The van der Waals surface area contributed by atoms with Gasteiger partial charge in [0.15, 0.2) is 6.29 Å². The van der Waals surface area contributed by atoms with Crippen molar-refractivity contribution in [2.45, 2.75) is 71.6 Å². The molecule has 122 valence electrons. The molecule has 1 heterocycles. The number of allylic oxidation sites excluding steroid dienone is 1. The van der Waals surface area contributed by atoms with Crippen molar-refractivity contribution in [1.82, 2.24) is 0 Å². The second-order valence-corrected chi connectivity index (χ2v) is 11.2. The maximum atomic E-state index is 10.7. The van der Waals surface area contributed by atoms with Crippen molar-refractivity contribution in [3.63, 3.8) is 0 Å². The van der Waals surface area contributed by atoms with Gasteiger partial charge >= 0.3 is 0 Å². The molecule has 0 spiro atoms. The first-order valence-electron chi connectivity index (χ1n) is 7.61. The fourth-order valence-electron chi connectivity index (χ4n) is 2.17. The molecule has 4 nitrogen and oxygen atoms in total. The van der Waals surface area contributed by atoms with Crippen LogP contribution < -0.4 is 0 Å². The van der Waals surface area contributed by atoms with Gasteiger partial charge in [-0.25, -0.2) is 0 Å². The number of rotatable bonds is 6. The van der Waals surface area contributed by atoms with Crippen LogP contribution in [-0.2, 0) is 13.9 Å². The van der Waals surface area contributed by atoms with Crippen molar-refractivity contribution >= 4 is 8.32 Å². The van der Waals surface area contributed by atoms with Crippen LogP contribution in [0.2, 0.25) is 19.6 Å². The minimum atomic E-state index is -1.70. The average molecular weight is 314 g/mol. The number of aliphatic hydroxyl groups is 1. The van der Waals surface area contributed by atoms with Gasteiger partial charge in [0, 0.05) is 12.0 Å². The lowest BCUT2D eigenvalue weighted by molar-refractivity contribution is -0.153. The molecule has 1 saturated heterocycles. The van der Waals surface area contributed by atoms with Crippen LogP contribution in [0.25, 0.3) is 0 Å². The van der Waals surface area contributed by atoms with Gasteiger partial charge in [0.25, 0.3) is 0 Å². The Hall–Kier alpha value is -0.783. The molecule has 0 radical (unpaired) electrons. The van der Waals surface area contributed by atoms with Gasteiger partial charge in [-0.3, -0.25) is 0 Å². The largest absolute Gasteiger partial charge is 0.547 e. The minimum absolute atomic E-state index is 0.302. The monoisotopic (exact) mass is 314 g/mol. The molecule has 2 unspecified atom stereocenters. The first-order chi connectivity index (χ1) is 9.54. The summed E-state index contributed by atoms with van der Waals surface area (Å²) in [6.45, 7) is 16.3. The van der Waals surface area contributed by atoms with Crippen molar-refractivity contribution < 1.29 is 19.0 Å². The highest BCUT2D eigenvalue weighted by Gasteiger charge is 2.33. The van der Waals surface area contributed by atoms with Gasteiger partial charge in [-0.2, -0.15) is 0 Å². The van der Waals surface area contributed by atoms with Crippen LogP contribution >= 0.6 is 0 Å². The summed E-state index contributed by atoms with van der Waals surface area (Å²) in [6.07, 6.45) is 2.67. The van der Waals surface area contributed by atoms with Gasteiger partial charge in [-0.05, 0) is 53.3 Å². The van der Waals surface area contributed by atoms with Crippen LogP contribution in [0, 0.1) is 0 Å². The smallest absolute Gasteiger partial charge is 0.241 e. The molecule has 1 aliphatic heterocycles. The summed E-state index contributed by atoms with van der Waals surface area (Å²) in [5, 5.41) is 10.7. The number of ether oxygens (including phenoxy) is 2. The highest BCUT2D eigenvalue weighted by Crippen LogP contribution is 2.31. The first kappa shape index (κ1) is 18.3. The molecule has 0 saturated carbocycles. The molecule has 0 aromatic heterocycles. The van der Waals surface area contributed by atoms with E-state index < -0.39 is 13.9 Å². The zero-order chi connectivity index (χ0) is 16.3. The van der Waals surface area contributed by atoms with E-state index in [0.717, 1.165) is 30.6 Å². The topological polar surface area (TPSA) is 47.9 Å². The second-order valence-electron chi connectivity index (χ2n) is 6.80. The molecule has 1 N–H and O–H groups in total. The maximum Gasteiger partial charge on any atom is 0.241 e. The molecule has 0 aromatic carbocycles. The summed E-state index contributed by atoms with van der Waals surface area (Å²) < 4.78 is 17.2. The zero-order valence-corrected chi connectivity index (χ0v) is 15.3. The first-order valence-corrected chi connectivity index (χ1v) is 11.0. The molecular formula is C16H30O4Si. The van der Waals surface area contributed by atoms with E-state index in [9.17, 15) is 5.11 Å². The van der Waals surface area contributed by atoms with Gasteiger partial charge in [0.1, 0.15) is 11.4 Å². The molecule has 5 heteroatoms. The van der Waals surface area contributed by atoms with Gasteiger partial charge < -0.3 is 19.0 Å². The maximum absolute atomic E-state index is 10.7. The number of hydrogen-bond donors (Lipinski definition) is 1. The van der Waals surface area contributed by atoms with Gasteiger partial charge in [0.2, 0.25) is 8.32 Å². The highest BCUT2D eigenvalue weighted by atomic mass is 28.4. The summed E-state index contributed by atoms with van der Waals surface area (Å²) in [6, 6.07) is 0. The molecule has 2 atom stereocenters. The standard InChI is InChI=1S/C16H30O4Si/c1-12(13(2)20-21(5,6)7)16(4,17)14(3)19-15-10-8-9-11-18-15/h15,17H,3,8-11H2,1-2,4-7H3/b13-12-. The number of hydrogen-bond acceptors (Lipinski definition) is 4. The van der Waals surface area contributed by atoms with Crippen LogP contribution in [-0.4, -0.2) is 31.9 Å². The summed E-state index contributed by atoms with van der Waals surface area (Å²) in [7, 11) is -1.70. The van der Waals surface area contributed by atoms with Crippen LogP contribution in [0.1, 0.15) is 40.0 Å². The van der Waals surface area contributed by atoms with E-state index in [2.05, 4.69) is 26.2 Å². The molecule has 1 fully saturated rings. The fourth-order valence-corrected chi connectivity index (χ4v) is 3.24. The van der Waals surface area contributed by atoms with Crippen LogP contribution in [0.4, 0.5) is 0 Å². The Labute approximate surface area is 129 Å². The van der Waals surface area contributed by atoms with E-state index in [1.807, 2.05) is 13.8 Å². The Morgan fingerprint density at radius 3 is 2.38 bits per heavy atom. The van der Waals surface area contributed by atoms with Crippen LogP contribution in [0.15, 0.2) is 23.7 Å². The quantitative estimate of drug-likeness (QED) is 0.596. The Morgan fingerprint density at radius 1 is 1.29 bits per heavy atom. The summed E-state index contributed by atoms with van der Waals surface area (Å²) >= 11 is 0. The van der Waals surface area contributed by atoms with E-state index in [-0.39, 0.29) is 6.29 Å². The van der Waals surface area contributed by atoms with E-state index in [4.69, 9.17) is 13.9 Å². The van der Waals surface area contributed by atoms with E-state index >= 15 is 0 Å². The van der Waals surface area contributed by atoms with Crippen molar-refractivity contribution in [2.75, 3.05) is 6.61 Å². The molecule has 0 bridgehead atoms. The summed E-state index contributed by atoms with van der Waals surface area (Å²) in [5.74, 6) is 1.05. The van der Waals surface area contributed by atoms with Gasteiger partial charge in [-0.1, -0.05) is 6.58 Å². The SMILES string of the molecule is C=C(OC1CCCCO1)C(C)(O)/C(C)=C(/C)O[Si](C)(C)C. The molecule has 0 aromatic rings. The summed E-state index contributed by atoms with van der Waals surface area (Å²) in [5.41, 5.74) is -0.532. The Kier molecular flexibility index (Phi) is 6.08. The molecule has 1 aliphatic rings. The third kappa shape index (κ3) is 5.49. The lowest BCUT2D eigenvalue weighted by Crippen LogP contribution is -2.35. The normalized spacial score (nSPS) is 23.9. The molecule has 1 rings (SSSR count). The third-order valence-electron chi connectivity index (χ3n) is 3.67. The molecular weight excluding hydrogens is 284 g/mol. The average Bonchev–Trinajstić information content (AvgIpc) is 2.36. The predicted octanol–water partition coefficient (Wildman–Crippen LogP) is 3.94.